The lowest BCUT2D eigenvalue weighted by atomic mass is 10.2. The van der Waals surface area contributed by atoms with E-state index in [1.54, 1.807) is 13.8 Å². The van der Waals surface area contributed by atoms with Crippen LogP contribution >= 0.6 is 23.2 Å². The third-order valence-electron chi connectivity index (χ3n) is 3.27. The van der Waals surface area contributed by atoms with Crippen LogP contribution in [0.3, 0.4) is 0 Å². The molecule has 2 rings (SSSR count). The zero-order valence-corrected chi connectivity index (χ0v) is 15.8. The van der Waals surface area contributed by atoms with Crippen LogP contribution < -0.4 is 11.2 Å². The van der Waals surface area contributed by atoms with Gasteiger partial charge in [-0.1, -0.05) is 37.0 Å². The highest BCUT2D eigenvalue weighted by molar-refractivity contribution is 6.36. The molecule has 0 spiro atoms. The van der Waals surface area contributed by atoms with Gasteiger partial charge in [0.1, 0.15) is 0 Å². The van der Waals surface area contributed by atoms with E-state index < -0.39 is 16.2 Å². The maximum atomic E-state index is 12.4. The minimum absolute atomic E-state index is 0.00148. The van der Waals surface area contributed by atoms with E-state index in [0.29, 0.717) is 5.56 Å². The molecule has 1 aromatic heterocycles. The Morgan fingerprint density at radius 2 is 1.68 bits per heavy atom. The van der Waals surface area contributed by atoms with E-state index in [0.717, 1.165) is 4.57 Å². The predicted molar refractivity (Wildman–Crippen MR) is 98.9 cm³/mol. The number of nitro benzene ring substituents is 1. The van der Waals surface area contributed by atoms with Crippen molar-refractivity contribution in [3.8, 4) is 0 Å². The molecule has 0 saturated heterocycles. The molecule has 25 heavy (non-hydrogen) atoms. The van der Waals surface area contributed by atoms with Crippen molar-refractivity contribution in [2.75, 3.05) is 0 Å². The van der Waals surface area contributed by atoms with Gasteiger partial charge >= 0.3 is 5.69 Å². The van der Waals surface area contributed by atoms with Crippen molar-refractivity contribution in [3.63, 3.8) is 0 Å². The van der Waals surface area contributed by atoms with Crippen molar-refractivity contribution >= 4 is 28.9 Å². The van der Waals surface area contributed by atoms with Crippen LogP contribution in [-0.2, 0) is 6.54 Å². The molecule has 1 aromatic carbocycles. The summed E-state index contributed by atoms with van der Waals surface area (Å²) in [6.07, 6.45) is 1.34. The fraction of sp³-hybridized carbons (Fsp3) is 0.375. The summed E-state index contributed by atoms with van der Waals surface area (Å²) in [5.41, 5.74) is -0.765. The standard InChI is InChI=1S/C14H13Cl2N3O4.C2H6/c1-8(2)18-13(20)3-4-17(14(18)21)7-10-11(15)5-9(19(22)23)6-12(10)16;1-2/h3-6,8H,7H2,1-2H3;1-2H3. The van der Waals surface area contributed by atoms with E-state index in [4.69, 9.17) is 23.2 Å². The van der Waals surface area contributed by atoms with E-state index >= 15 is 0 Å². The molecule has 0 aliphatic carbocycles. The molecule has 0 aliphatic rings. The number of nitro groups is 1. The third kappa shape index (κ3) is 4.70. The Balaban J connectivity index is 0.00000151. The Morgan fingerprint density at radius 1 is 1.16 bits per heavy atom. The Morgan fingerprint density at radius 3 is 2.12 bits per heavy atom. The summed E-state index contributed by atoms with van der Waals surface area (Å²) in [5.74, 6) is 0. The van der Waals surface area contributed by atoms with Gasteiger partial charge in [-0.2, -0.15) is 0 Å². The lowest BCUT2D eigenvalue weighted by Crippen LogP contribution is -2.40. The Hall–Kier alpha value is -2.12. The monoisotopic (exact) mass is 387 g/mol. The van der Waals surface area contributed by atoms with Crippen LogP contribution in [0.5, 0.6) is 0 Å². The zero-order valence-electron chi connectivity index (χ0n) is 14.3. The second-order valence-corrected chi connectivity index (χ2v) is 5.99. The number of nitrogens with zero attached hydrogens (tertiary/aromatic N) is 3. The first-order valence-corrected chi connectivity index (χ1v) is 8.42. The van der Waals surface area contributed by atoms with Gasteiger partial charge in [-0.3, -0.25) is 24.0 Å². The van der Waals surface area contributed by atoms with Gasteiger partial charge in [0, 0.05) is 36.0 Å². The van der Waals surface area contributed by atoms with Crippen LogP contribution in [0.15, 0.2) is 34.0 Å². The first kappa shape index (κ1) is 20.9. The van der Waals surface area contributed by atoms with Gasteiger partial charge in [0.2, 0.25) is 0 Å². The molecule has 2 aromatic rings. The smallest absolute Gasteiger partial charge is 0.296 e. The van der Waals surface area contributed by atoms with E-state index in [-0.39, 0.29) is 28.3 Å². The van der Waals surface area contributed by atoms with E-state index in [1.165, 1.54) is 29.0 Å². The highest BCUT2D eigenvalue weighted by atomic mass is 35.5. The van der Waals surface area contributed by atoms with Gasteiger partial charge < -0.3 is 0 Å². The summed E-state index contributed by atoms with van der Waals surface area (Å²) < 4.78 is 2.38. The number of rotatable bonds is 4. The highest BCUT2D eigenvalue weighted by Gasteiger charge is 2.16. The fourth-order valence-corrected chi connectivity index (χ4v) is 2.74. The molecule has 7 nitrogen and oxygen atoms in total. The molecule has 0 radical (unpaired) electrons. The number of hydrogen-bond donors (Lipinski definition) is 0. The SMILES string of the molecule is CC.CC(C)n1c(=O)ccn(Cc2c(Cl)cc([N+](=O)[O-])cc2Cl)c1=O. The Bertz CT molecular complexity index is 865. The normalized spacial score (nSPS) is 10.4. The lowest BCUT2D eigenvalue weighted by Gasteiger charge is -2.13. The van der Waals surface area contributed by atoms with E-state index in [2.05, 4.69) is 0 Å². The lowest BCUT2D eigenvalue weighted by molar-refractivity contribution is -0.384. The average Bonchev–Trinajstić information content (AvgIpc) is 2.54. The van der Waals surface area contributed by atoms with Gasteiger partial charge in [0.15, 0.2) is 0 Å². The van der Waals surface area contributed by atoms with Crippen LogP contribution in [0.2, 0.25) is 10.0 Å². The molecule has 0 saturated carbocycles. The van der Waals surface area contributed by atoms with E-state index in [1.807, 2.05) is 13.8 Å². The fourth-order valence-electron chi connectivity index (χ4n) is 2.14. The van der Waals surface area contributed by atoms with Gasteiger partial charge in [-0.05, 0) is 13.8 Å². The zero-order chi connectivity index (χ0) is 19.3. The Kier molecular flexibility index (Phi) is 7.38. The van der Waals surface area contributed by atoms with Crippen molar-refractivity contribution < 1.29 is 4.92 Å². The molecule has 9 heteroatoms. The molecular weight excluding hydrogens is 369 g/mol. The molecule has 0 amide bonds. The summed E-state index contributed by atoms with van der Waals surface area (Å²) in [7, 11) is 0. The minimum Gasteiger partial charge on any atom is -0.296 e. The van der Waals surface area contributed by atoms with Crippen LogP contribution in [-0.4, -0.2) is 14.1 Å². The van der Waals surface area contributed by atoms with E-state index in [9.17, 15) is 19.7 Å². The molecule has 136 valence electrons. The predicted octanol–water partition coefficient (Wildman–Crippen LogP) is 3.88. The maximum absolute atomic E-state index is 12.4. The summed E-state index contributed by atoms with van der Waals surface area (Å²) in [4.78, 5) is 34.3. The average molecular weight is 388 g/mol. The summed E-state index contributed by atoms with van der Waals surface area (Å²) in [6.45, 7) is 7.44. The largest absolute Gasteiger partial charge is 0.331 e. The van der Waals surface area contributed by atoms with Crippen molar-refractivity contribution in [2.45, 2.75) is 40.3 Å². The minimum atomic E-state index is -0.605. The number of aromatic nitrogens is 2. The van der Waals surface area contributed by atoms with Crippen LogP contribution in [0.25, 0.3) is 0 Å². The molecule has 0 N–H and O–H groups in total. The molecule has 0 unspecified atom stereocenters. The topological polar surface area (TPSA) is 87.1 Å². The van der Waals surface area contributed by atoms with Gasteiger partial charge in [0.25, 0.3) is 11.2 Å². The van der Waals surface area contributed by atoms with Crippen LogP contribution in [0.4, 0.5) is 5.69 Å². The van der Waals surface area contributed by atoms with Gasteiger partial charge in [-0.15, -0.1) is 0 Å². The first-order valence-electron chi connectivity index (χ1n) is 7.66. The van der Waals surface area contributed by atoms with Gasteiger partial charge in [-0.25, -0.2) is 4.79 Å². The number of halogens is 2. The molecule has 0 fully saturated rings. The maximum Gasteiger partial charge on any atom is 0.331 e. The molecular formula is C16H19Cl2N3O4. The third-order valence-corrected chi connectivity index (χ3v) is 3.94. The number of non-ortho nitro benzene ring substituents is 1. The van der Waals surface area contributed by atoms with Crippen LogP contribution in [0.1, 0.15) is 39.3 Å². The first-order chi connectivity index (χ1) is 11.7. The Labute approximate surface area is 154 Å². The van der Waals surface area contributed by atoms with Crippen molar-refractivity contribution in [1.29, 1.82) is 0 Å². The van der Waals surface area contributed by atoms with Crippen molar-refractivity contribution in [3.05, 3.63) is 71.0 Å². The summed E-state index contributed by atoms with van der Waals surface area (Å²) >= 11 is 12.1. The summed E-state index contributed by atoms with van der Waals surface area (Å²) in [6, 6.07) is 3.32. The second-order valence-electron chi connectivity index (χ2n) is 5.17. The highest BCUT2D eigenvalue weighted by Crippen LogP contribution is 2.30. The summed E-state index contributed by atoms with van der Waals surface area (Å²) in [5, 5.41) is 10.9. The quantitative estimate of drug-likeness (QED) is 0.588. The van der Waals surface area contributed by atoms with Crippen LogP contribution in [0, 0.1) is 10.1 Å². The molecule has 0 bridgehead atoms. The van der Waals surface area contributed by atoms with Gasteiger partial charge in [0.05, 0.1) is 21.5 Å². The second kappa shape index (κ2) is 8.82. The van der Waals surface area contributed by atoms with Crippen molar-refractivity contribution in [2.24, 2.45) is 0 Å². The number of hydrogen-bond acceptors (Lipinski definition) is 4. The number of benzene rings is 1. The molecule has 0 atom stereocenters. The molecule has 1 heterocycles. The van der Waals surface area contributed by atoms with Crippen molar-refractivity contribution in [1.82, 2.24) is 9.13 Å². The molecule has 0 aliphatic heterocycles.